The summed E-state index contributed by atoms with van der Waals surface area (Å²) >= 11 is 0. The second-order valence-electron chi connectivity index (χ2n) is 0.959. The summed E-state index contributed by atoms with van der Waals surface area (Å²) in [4.78, 5) is 0. The first-order valence-electron chi connectivity index (χ1n) is 1.38. The average Bonchev–Trinajstić information content (AvgIpc) is 1.14. The molecule has 0 aromatic heterocycles. The molecule has 0 fully saturated rings. The van der Waals surface area contributed by atoms with Crippen LogP contribution in [0.1, 0.15) is 0 Å². The highest BCUT2D eigenvalue weighted by Gasteiger charge is 2.17. The normalized spacial score (nSPS) is 12.2. The quantitative estimate of drug-likeness (QED) is 0.606. The number of nitrogens with one attached hydrogen (secondary N) is 1. The van der Waals surface area contributed by atoms with Gasteiger partial charge in [-0.05, 0) is 0 Å². The molecule has 0 unspecified atom stereocenters. The van der Waals surface area contributed by atoms with Crippen LogP contribution in [0.5, 0.6) is 0 Å². The van der Waals surface area contributed by atoms with Gasteiger partial charge in [-0.3, -0.25) is 0 Å². The largest absolute Gasteiger partial charge is 0.387 e. The minimum absolute atomic E-state index is 0. The Labute approximate surface area is 63.6 Å². The van der Waals surface area contributed by atoms with Gasteiger partial charge in [-0.25, -0.2) is 0 Å². The molecule has 0 aromatic carbocycles. The monoisotopic (exact) mass is 215 g/mol. The summed E-state index contributed by atoms with van der Waals surface area (Å²) in [6.07, 6.45) is 0. The van der Waals surface area contributed by atoms with Crippen LogP contribution in [-0.4, -0.2) is 16.8 Å². The Bertz CT molecular complexity index is 244. The van der Waals surface area contributed by atoms with E-state index in [0.717, 1.165) is 0 Å². The van der Waals surface area contributed by atoms with E-state index in [4.69, 9.17) is 0 Å². The third kappa shape index (κ3) is 10.9. The summed E-state index contributed by atoms with van der Waals surface area (Å²) in [6.45, 7) is 0. The van der Waals surface area contributed by atoms with Crippen LogP contribution in [0.2, 0.25) is 0 Å². The maximum Gasteiger partial charge on any atom is 0.387 e. The SMILES string of the molecule is O=S(=O)(F)NS(=O)(=O)F.S. The standard InChI is InChI=1S/F2HNO4S2.H2S/c1-8(4,5)3-9(2,6)7;/h3H;1H2. The van der Waals surface area contributed by atoms with Gasteiger partial charge in [0.05, 0.1) is 0 Å². The van der Waals surface area contributed by atoms with Crippen LogP contribution in [0.25, 0.3) is 0 Å². The van der Waals surface area contributed by atoms with Gasteiger partial charge in [-0.15, -0.1) is 0 Å². The number of halogens is 2. The van der Waals surface area contributed by atoms with Crippen molar-refractivity contribution in [2.24, 2.45) is 0 Å². The van der Waals surface area contributed by atoms with Gasteiger partial charge in [0, 0.05) is 0 Å². The lowest BCUT2D eigenvalue weighted by atomic mass is 13.9. The predicted octanol–water partition coefficient (Wildman–Crippen LogP) is -0.883. The second-order valence-corrected chi connectivity index (χ2v) is 3.38. The molecule has 5 nitrogen and oxygen atoms in total. The van der Waals surface area contributed by atoms with Gasteiger partial charge in [0.25, 0.3) is 0 Å². The summed E-state index contributed by atoms with van der Waals surface area (Å²) in [7, 11) is -11.0. The van der Waals surface area contributed by atoms with E-state index in [2.05, 4.69) is 0 Å². The molecule has 1 N–H and O–H groups in total. The Kier molecular flexibility index (Phi) is 4.40. The van der Waals surface area contributed by atoms with Crippen LogP contribution in [0, 0.1) is 0 Å². The average molecular weight is 215 g/mol. The maximum atomic E-state index is 11.1. The van der Waals surface area contributed by atoms with Crippen LogP contribution < -0.4 is 4.13 Å². The van der Waals surface area contributed by atoms with Crippen LogP contribution in [0.3, 0.4) is 0 Å². The molecule has 0 saturated carbocycles. The van der Waals surface area contributed by atoms with E-state index in [1.54, 1.807) is 0 Å². The van der Waals surface area contributed by atoms with Crippen molar-refractivity contribution in [1.29, 1.82) is 0 Å². The molecule has 64 valence electrons. The molecular weight excluding hydrogens is 212 g/mol. The van der Waals surface area contributed by atoms with Crippen molar-refractivity contribution in [3.8, 4) is 0 Å². The van der Waals surface area contributed by atoms with Crippen molar-refractivity contribution in [2.45, 2.75) is 0 Å². The molecule has 10 heteroatoms. The fourth-order valence-electron chi connectivity index (χ4n) is 0.119. The van der Waals surface area contributed by atoms with Crippen molar-refractivity contribution < 1.29 is 24.6 Å². The van der Waals surface area contributed by atoms with Gasteiger partial charge < -0.3 is 0 Å². The summed E-state index contributed by atoms with van der Waals surface area (Å²) < 4.78 is 59.3. The number of hydrogen-bond acceptors (Lipinski definition) is 4. The predicted molar refractivity (Wildman–Crippen MR) is 33.6 cm³/mol. The van der Waals surface area contributed by atoms with Gasteiger partial charge in [0.15, 0.2) is 0 Å². The topological polar surface area (TPSA) is 80.3 Å². The van der Waals surface area contributed by atoms with Crippen LogP contribution in [-0.2, 0) is 20.8 Å². The Morgan fingerprint density at radius 1 is 0.900 bits per heavy atom. The minimum atomic E-state index is -5.49. The van der Waals surface area contributed by atoms with Gasteiger partial charge in [0.1, 0.15) is 0 Å². The summed E-state index contributed by atoms with van der Waals surface area (Å²) in [5.74, 6) is 0. The van der Waals surface area contributed by atoms with E-state index in [9.17, 15) is 24.6 Å². The fraction of sp³-hybridized carbons (Fsp3) is 0. The number of hydrogen-bond donors (Lipinski definition) is 1. The molecule has 0 aliphatic heterocycles. The van der Waals surface area contributed by atoms with E-state index < -0.39 is 20.8 Å². The van der Waals surface area contributed by atoms with Gasteiger partial charge in [-0.1, -0.05) is 11.9 Å². The van der Waals surface area contributed by atoms with Gasteiger partial charge in [0.2, 0.25) is 0 Å². The molecule has 0 amide bonds. The van der Waals surface area contributed by atoms with Crippen molar-refractivity contribution in [3.05, 3.63) is 0 Å². The molecule has 0 aliphatic rings. The first-order valence-corrected chi connectivity index (χ1v) is 4.15. The molecule has 0 saturated heterocycles. The molecule has 0 atom stereocenters. The first-order chi connectivity index (χ1) is 3.71. The highest BCUT2D eigenvalue weighted by Crippen LogP contribution is 1.90. The third-order valence-corrected chi connectivity index (χ3v) is 1.79. The zero-order valence-electron chi connectivity index (χ0n) is 4.21. The Hall–Kier alpha value is 0.0700. The lowest BCUT2D eigenvalue weighted by Crippen LogP contribution is -2.23. The Morgan fingerprint density at radius 2 is 1.10 bits per heavy atom. The Morgan fingerprint density at radius 3 is 1.10 bits per heavy atom. The van der Waals surface area contributed by atoms with Crippen molar-refractivity contribution in [1.82, 2.24) is 4.13 Å². The van der Waals surface area contributed by atoms with Crippen LogP contribution >= 0.6 is 13.5 Å². The molecule has 10 heavy (non-hydrogen) atoms. The smallest absolute Gasteiger partial charge is 0.197 e. The van der Waals surface area contributed by atoms with Crippen molar-refractivity contribution in [2.75, 3.05) is 0 Å². The van der Waals surface area contributed by atoms with Crippen molar-refractivity contribution >= 4 is 34.3 Å². The zero-order chi connectivity index (χ0) is 7.71. The lowest BCUT2D eigenvalue weighted by molar-refractivity contribution is 0.527. The highest BCUT2D eigenvalue weighted by atomic mass is 32.3. The van der Waals surface area contributed by atoms with Crippen LogP contribution in [0.15, 0.2) is 0 Å². The highest BCUT2D eigenvalue weighted by molar-refractivity contribution is 7.99. The number of rotatable bonds is 2. The maximum absolute atomic E-state index is 11.1. The van der Waals surface area contributed by atoms with E-state index >= 15 is 0 Å². The molecule has 0 radical (unpaired) electrons. The summed E-state index contributed by atoms with van der Waals surface area (Å²) in [6, 6.07) is 0. The Balaban J connectivity index is 0. The molecule has 0 aliphatic carbocycles. The van der Waals surface area contributed by atoms with Crippen LogP contribution in [0.4, 0.5) is 7.77 Å². The molecule has 0 bridgehead atoms. The van der Waals surface area contributed by atoms with E-state index in [0.29, 0.717) is 0 Å². The van der Waals surface area contributed by atoms with E-state index in [1.165, 1.54) is 0 Å². The molecule has 0 spiro atoms. The van der Waals surface area contributed by atoms with Gasteiger partial charge >= 0.3 is 20.8 Å². The van der Waals surface area contributed by atoms with Gasteiger partial charge in [-0.2, -0.15) is 30.3 Å². The summed E-state index contributed by atoms with van der Waals surface area (Å²) in [5, 5.41) is 0. The third-order valence-electron chi connectivity index (χ3n) is 0.199. The van der Waals surface area contributed by atoms with Crippen molar-refractivity contribution in [3.63, 3.8) is 0 Å². The molecule has 0 aromatic rings. The second kappa shape index (κ2) is 3.46. The molecule has 0 heterocycles. The first kappa shape index (κ1) is 12.7. The minimum Gasteiger partial charge on any atom is -0.197 e. The van der Waals surface area contributed by atoms with E-state index in [1.807, 2.05) is 0 Å². The summed E-state index contributed by atoms with van der Waals surface area (Å²) in [5.41, 5.74) is 0. The molecular formula is H3F2NO4S3. The molecule has 0 rings (SSSR count). The lowest BCUT2D eigenvalue weighted by Gasteiger charge is -1.87. The fourth-order valence-corrected chi connectivity index (χ4v) is 1.07. The zero-order valence-corrected chi connectivity index (χ0v) is 6.84. The van der Waals surface area contributed by atoms with E-state index in [-0.39, 0.29) is 17.6 Å².